The molecule has 45 heavy (non-hydrogen) atoms. The molecule has 0 bridgehead atoms. The van der Waals surface area contributed by atoms with Crippen LogP contribution < -0.4 is 15.6 Å². The van der Waals surface area contributed by atoms with Gasteiger partial charge in [-0.05, 0) is 55.2 Å². The minimum Gasteiger partial charge on any atom is -0.494 e. The normalized spacial score (nSPS) is 13.6. The van der Waals surface area contributed by atoms with Crippen LogP contribution in [0.1, 0.15) is 72.6 Å². The smallest absolute Gasteiger partial charge is 0.359 e. The van der Waals surface area contributed by atoms with Gasteiger partial charge in [0.15, 0.2) is 12.3 Å². The fourth-order valence-corrected chi connectivity index (χ4v) is 6.62. The Morgan fingerprint density at radius 2 is 1.84 bits per heavy atom. The first-order chi connectivity index (χ1) is 21.6. The van der Waals surface area contributed by atoms with Crippen LogP contribution in [0.4, 0.5) is 5.00 Å². The van der Waals surface area contributed by atoms with Gasteiger partial charge in [-0.3, -0.25) is 9.59 Å². The largest absolute Gasteiger partial charge is 0.494 e. The second-order valence-corrected chi connectivity index (χ2v) is 12.3. The van der Waals surface area contributed by atoms with Crippen molar-refractivity contribution in [2.75, 3.05) is 18.5 Å². The number of hydrogen-bond acceptors (Lipinski definition) is 8. The Labute approximate surface area is 265 Å². The van der Waals surface area contributed by atoms with Gasteiger partial charge in [0.25, 0.3) is 11.5 Å². The Morgan fingerprint density at radius 1 is 1.11 bits per heavy atom. The molecule has 230 valence electrons. The van der Waals surface area contributed by atoms with Gasteiger partial charge < -0.3 is 14.8 Å². The van der Waals surface area contributed by atoms with Crippen molar-refractivity contribution in [1.82, 2.24) is 9.78 Å². The minimum absolute atomic E-state index is 0.0338. The Kier molecular flexibility index (Phi) is 9.30. The number of fused-ring (bicyclic) bond motifs is 2. The molecule has 2 aromatic heterocycles. The van der Waals surface area contributed by atoms with Crippen LogP contribution in [0.3, 0.4) is 0 Å². The third kappa shape index (κ3) is 6.74. The highest BCUT2D eigenvalue weighted by Crippen LogP contribution is 2.47. The molecule has 0 spiro atoms. The second-order valence-electron chi connectivity index (χ2n) is 11.3. The Morgan fingerprint density at radius 3 is 2.53 bits per heavy atom. The second kappa shape index (κ2) is 13.3. The van der Waals surface area contributed by atoms with Crippen LogP contribution >= 0.6 is 11.3 Å². The summed E-state index contributed by atoms with van der Waals surface area (Å²) in [7, 11) is 0. The van der Waals surface area contributed by atoms with Crippen molar-refractivity contribution in [2.24, 2.45) is 0 Å². The van der Waals surface area contributed by atoms with Gasteiger partial charge in [-0.1, -0.05) is 63.3 Å². The fourth-order valence-electron chi connectivity index (χ4n) is 5.37. The van der Waals surface area contributed by atoms with Crippen molar-refractivity contribution in [3.8, 4) is 11.8 Å². The summed E-state index contributed by atoms with van der Waals surface area (Å²) in [5.74, 6) is -0.575. The summed E-state index contributed by atoms with van der Waals surface area (Å²) < 4.78 is 12.1. The van der Waals surface area contributed by atoms with Crippen molar-refractivity contribution < 1.29 is 19.1 Å². The van der Waals surface area contributed by atoms with Crippen LogP contribution in [0, 0.1) is 11.3 Å². The highest BCUT2D eigenvalue weighted by atomic mass is 32.1. The number of thiophene rings is 1. The van der Waals surface area contributed by atoms with Gasteiger partial charge in [-0.25, -0.2) is 9.48 Å². The molecular formula is C35H34N4O5S. The van der Waals surface area contributed by atoms with Crippen molar-refractivity contribution in [1.29, 1.82) is 5.26 Å². The summed E-state index contributed by atoms with van der Waals surface area (Å²) in [5, 5.41) is 18.2. The first-order valence-electron chi connectivity index (χ1n) is 14.8. The maximum absolute atomic E-state index is 13.0. The zero-order chi connectivity index (χ0) is 32.1. The van der Waals surface area contributed by atoms with Crippen molar-refractivity contribution in [3.63, 3.8) is 0 Å². The molecule has 0 saturated heterocycles. The predicted octanol–water partition coefficient (Wildman–Crippen LogP) is 6.71. The van der Waals surface area contributed by atoms with Gasteiger partial charge >= 0.3 is 5.97 Å². The van der Waals surface area contributed by atoms with Crippen molar-refractivity contribution in [2.45, 2.75) is 52.5 Å². The molecule has 9 nitrogen and oxygen atoms in total. The standard InChI is InChI=1S/C35H34N4O5S/c1-5-17-39-33(41)26-10-8-7-9-25(26)30(38-39)34(42)44-21-29(40)37-32-28(20-36)27-18-23(19-35(3,4)31(27)45-32)12-11-22-13-15-24(16-14-22)43-6-2/h7-16,18H,5-6,17,19,21H2,1-4H3,(H,37,40). The molecule has 2 aromatic carbocycles. The quantitative estimate of drug-likeness (QED) is 0.195. The number of carbonyl (C=O) groups is 2. The molecule has 0 fully saturated rings. The highest BCUT2D eigenvalue weighted by molar-refractivity contribution is 7.17. The number of nitrogens with zero attached hydrogens (tertiary/aromatic N) is 3. The summed E-state index contributed by atoms with van der Waals surface area (Å²) in [6, 6.07) is 16.8. The Bertz CT molecular complexity index is 1930. The van der Waals surface area contributed by atoms with E-state index in [-0.39, 0.29) is 16.7 Å². The number of carbonyl (C=O) groups excluding carboxylic acids is 2. The zero-order valence-electron chi connectivity index (χ0n) is 25.7. The van der Waals surface area contributed by atoms with Crippen LogP contribution in [0.25, 0.3) is 22.9 Å². The number of aromatic nitrogens is 2. The van der Waals surface area contributed by atoms with Crippen molar-refractivity contribution in [3.05, 3.63) is 97.8 Å². The molecule has 1 N–H and O–H groups in total. The number of nitrogens with one attached hydrogen (secondary N) is 1. The molecule has 1 amide bonds. The van der Waals surface area contributed by atoms with E-state index < -0.39 is 18.5 Å². The summed E-state index contributed by atoms with van der Waals surface area (Å²) in [6.07, 6.45) is 7.49. The number of esters is 1. The van der Waals surface area contributed by atoms with E-state index in [2.05, 4.69) is 36.4 Å². The Hall–Kier alpha value is -5.01. The van der Waals surface area contributed by atoms with Crippen molar-refractivity contribution >= 4 is 51.1 Å². The number of anilines is 1. The summed E-state index contributed by atoms with van der Waals surface area (Å²) in [4.78, 5) is 39.8. The van der Waals surface area contributed by atoms with Gasteiger partial charge in [0, 0.05) is 27.8 Å². The summed E-state index contributed by atoms with van der Waals surface area (Å²) >= 11 is 1.36. The Balaban J connectivity index is 1.33. The maximum Gasteiger partial charge on any atom is 0.359 e. The molecule has 0 aliphatic heterocycles. The number of rotatable bonds is 10. The first-order valence-corrected chi connectivity index (χ1v) is 15.6. The monoisotopic (exact) mass is 622 g/mol. The van der Waals surface area contributed by atoms with Crippen LogP contribution in [0.5, 0.6) is 5.75 Å². The fraction of sp³-hybridized carbons (Fsp3) is 0.286. The van der Waals surface area contributed by atoms with Gasteiger partial charge in [0.05, 0.1) is 17.6 Å². The van der Waals surface area contributed by atoms with E-state index in [4.69, 9.17) is 9.47 Å². The van der Waals surface area contributed by atoms with Gasteiger partial charge in [-0.2, -0.15) is 10.4 Å². The molecule has 0 radical (unpaired) electrons. The number of allylic oxidation sites excluding steroid dienone is 2. The van der Waals surface area contributed by atoms with E-state index in [0.29, 0.717) is 40.9 Å². The SMILES string of the molecule is CCCn1nc(C(=O)OCC(=O)Nc2sc3c(c2C#N)C=C(C=Cc2ccc(OCC)cc2)CC3(C)C)c2ccccc2c1=O. The average molecular weight is 623 g/mol. The van der Waals surface area contributed by atoms with Crippen LogP contribution in [0.15, 0.2) is 65.0 Å². The van der Waals surface area contributed by atoms with E-state index >= 15 is 0 Å². The van der Waals surface area contributed by atoms with E-state index in [1.54, 1.807) is 24.3 Å². The molecule has 2 heterocycles. The minimum atomic E-state index is -0.815. The molecule has 10 heteroatoms. The lowest BCUT2D eigenvalue weighted by Crippen LogP contribution is -2.27. The summed E-state index contributed by atoms with van der Waals surface area (Å²) in [5.41, 5.74) is 2.64. The van der Waals surface area contributed by atoms with E-state index in [0.717, 1.165) is 33.7 Å². The first kappa shape index (κ1) is 31.4. The van der Waals surface area contributed by atoms with E-state index in [1.165, 1.54) is 16.0 Å². The third-order valence-corrected chi connectivity index (χ3v) is 8.90. The third-order valence-electron chi connectivity index (χ3n) is 7.41. The van der Waals surface area contributed by atoms with E-state index in [1.807, 2.05) is 50.3 Å². The molecule has 0 atom stereocenters. The molecule has 1 aliphatic rings. The maximum atomic E-state index is 13.0. The van der Waals surface area contributed by atoms with Gasteiger partial charge in [-0.15, -0.1) is 11.3 Å². The average Bonchev–Trinajstić information content (AvgIpc) is 3.38. The van der Waals surface area contributed by atoms with Gasteiger partial charge in [0.1, 0.15) is 16.8 Å². The highest BCUT2D eigenvalue weighted by Gasteiger charge is 2.33. The number of hydrogen-bond donors (Lipinski definition) is 1. The van der Waals surface area contributed by atoms with Crippen LogP contribution in [0.2, 0.25) is 0 Å². The lowest BCUT2D eigenvalue weighted by atomic mass is 9.77. The predicted molar refractivity (Wildman–Crippen MR) is 177 cm³/mol. The molecule has 1 aliphatic carbocycles. The number of nitriles is 1. The van der Waals surface area contributed by atoms with Gasteiger partial charge in [0.2, 0.25) is 0 Å². The van der Waals surface area contributed by atoms with Crippen LogP contribution in [-0.2, 0) is 21.5 Å². The lowest BCUT2D eigenvalue weighted by Gasteiger charge is -2.29. The molecule has 4 aromatic rings. The molecule has 0 unspecified atom stereocenters. The summed E-state index contributed by atoms with van der Waals surface area (Å²) in [6.45, 7) is 8.46. The van der Waals surface area contributed by atoms with E-state index in [9.17, 15) is 19.6 Å². The topological polar surface area (TPSA) is 123 Å². The lowest BCUT2D eigenvalue weighted by molar-refractivity contribution is -0.119. The number of amides is 1. The van der Waals surface area contributed by atoms with Crippen LogP contribution in [-0.4, -0.2) is 34.9 Å². The molecular weight excluding hydrogens is 588 g/mol. The number of aryl methyl sites for hydroxylation is 1. The zero-order valence-corrected chi connectivity index (χ0v) is 26.5. The molecule has 0 saturated carbocycles. The number of ether oxygens (including phenoxy) is 2. The number of benzene rings is 2. The molecule has 5 rings (SSSR count).